The Morgan fingerprint density at radius 3 is 2.85 bits per heavy atom. The van der Waals surface area contributed by atoms with E-state index in [4.69, 9.17) is 4.42 Å². The van der Waals surface area contributed by atoms with E-state index in [2.05, 4.69) is 20.1 Å². The molecule has 1 fully saturated rings. The van der Waals surface area contributed by atoms with Gasteiger partial charge >= 0.3 is 0 Å². The first-order valence-electron chi connectivity index (χ1n) is 8.74. The van der Waals surface area contributed by atoms with Crippen LogP contribution in [0.5, 0.6) is 0 Å². The number of hydrogen-bond acceptors (Lipinski definition) is 6. The molecule has 1 aliphatic rings. The first-order chi connectivity index (χ1) is 12.6. The first kappa shape index (κ1) is 16.8. The summed E-state index contributed by atoms with van der Waals surface area (Å²) in [4.78, 5) is 19.5. The molecular formula is C18H20FN5O2. The monoisotopic (exact) mass is 357 g/mol. The van der Waals surface area contributed by atoms with Crippen LogP contribution >= 0.6 is 0 Å². The lowest BCUT2D eigenvalue weighted by atomic mass is 9.96. The van der Waals surface area contributed by atoms with Gasteiger partial charge in [-0.15, -0.1) is 10.2 Å². The van der Waals surface area contributed by atoms with Crippen LogP contribution in [0.3, 0.4) is 0 Å². The molecule has 26 heavy (non-hydrogen) atoms. The Morgan fingerprint density at radius 2 is 2.12 bits per heavy atom. The Balaban J connectivity index is 1.46. The molecule has 1 aromatic carbocycles. The molecule has 8 heteroatoms. The predicted octanol–water partition coefficient (Wildman–Crippen LogP) is 2.14. The van der Waals surface area contributed by atoms with Gasteiger partial charge in [-0.05, 0) is 50.9 Å². The minimum atomic E-state index is -0.379. The zero-order chi connectivity index (χ0) is 18.1. The van der Waals surface area contributed by atoms with Crippen LogP contribution in [0.1, 0.15) is 24.6 Å². The molecule has 1 saturated heterocycles. The van der Waals surface area contributed by atoms with Crippen molar-refractivity contribution < 1.29 is 8.81 Å². The average molecular weight is 357 g/mol. The van der Waals surface area contributed by atoms with Gasteiger partial charge in [0.15, 0.2) is 0 Å². The molecule has 0 atom stereocenters. The zero-order valence-corrected chi connectivity index (χ0v) is 14.6. The number of fused-ring (bicyclic) bond motifs is 1. The lowest BCUT2D eigenvalue weighted by molar-refractivity contribution is 0.154. The molecule has 0 radical (unpaired) electrons. The maximum absolute atomic E-state index is 13.4. The summed E-state index contributed by atoms with van der Waals surface area (Å²) >= 11 is 0. The molecule has 3 heterocycles. The van der Waals surface area contributed by atoms with Crippen molar-refractivity contribution in [2.75, 3.05) is 13.1 Å². The predicted molar refractivity (Wildman–Crippen MR) is 93.0 cm³/mol. The molecule has 0 unspecified atom stereocenters. The largest absolute Gasteiger partial charge is 0.427 e. The van der Waals surface area contributed by atoms with Crippen molar-refractivity contribution in [1.29, 1.82) is 0 Å². The number of halogens is 1. The lowest BCUT2D eigenvalue weighted by Gasteiger charge is -2.31. The summed E-state index contributed by atoms with van der Waals surface area (Å²) < 4.78 is 20.3. The number of benzene rings is 1. The van der Waals surface area contributed by atoms with Gasteiger partial charge < -0.3 is 4.42 Å². The highest BCUT2D eigenvalue weighted by molar-refractivity contribution is 5.77. The molecule has 0 aliphatic carbocycles. The molecule has 0 amide bonds. The van der Waals surface area contributed by atoms with Gasteiger partial charge in [-0.3, -0.25) is 14.3 Å². The van der Waals surface area contributed by atoms with Gasteiger partial charge in [0.1, 0.15) is 11.6 Å². The maximum atomic E-state index is 13.4. The molecular weight excluding hydrogens is 337 g/mol. The summed E-state index contributed by atoms with van der Waals surface area (Å²) in [5.41, 5.74) is 0.318. The first-order valence-corrected chi connectivity index (χ1v) is 8.74. The van der Waals surface area contributed by atoms with Crippen molar-refractivity contribution in [3.05, 3.63) is 52.5 Å². The highest BCUT2D eigenvalue weighted by Crippen LogP contribution is 2.21. The summed E-state index contributed by atoms with van der Waals surface area (Å²) in [7, 11) is 0. The fourth-order valence-electron chi connectivity index (χ4n) is 3.56. The summed E-state index contributed by atoms with van der Waals surface area (Å²) in [6.45, 7) is 4.95. The average Bonchev–Trinajstić information content (AvgIpc) is 3.13. The van der Waals surface area contributed by atoms with E-state index in [1.165, 1.54) is 24.6 Å². The molecule has 2 aromatic heterocycles. The Bertz CT molecular complexity index is 962. The molecule has 136 valence electrons. The Labute approximate surface area is 149 Å². The fourth-order valence-corrected chi connectivity index (χ4v) is 3.56. The van der Waals surface area contributed by atoms with Gasteiger partial charge in [0.25, 0.3) is 5.56 Å². The van der Waals surface area contributed by atoms with E-state index in [-0.39, 0.29) is 11.4 Å². The number of aromatic nitrogens is 4. The van der Waals surface area contributed by atoms with Crippen LogP contribution in [-0.2, 0) is 13.1 Å². The van der Waals surface area contributed by atoms with E-state index < -0.39 is 0 Å². The summed E-state index contributed by atoms with van der Waals surface area (Å²) in [5, 5.41) is 8.08. The number of likely N-dealkylation sites (tertiary alicyclic amines) is 1. The minimum absolute atomic E-state index is 0.0965. The second kappa shape index (κ2) is 6.95. The SMILES string of the molecule is Cc1nc2cc(F)ccc2c(=O)n1CC1CCN(Cc2nnco2)CC1. The minimum Gasteiger partial charge on any atom is -0.427 e. The second-order valence-corrected chi connectivity index (χ2v) is 6.79. The molecule has 3 aromatic rings. The van der Waals surface area contributed by atoms with Crippen molar-refractivity contribution >= 4 is 10.9 Å². The number of hydrogen-bond donors (Lipinski definition) is 0. The standard InChI is InChI=1S/C18H20FN5O2/c1-12-21-16-8-14(19)2-3-15(16)18(25)24(12)9-13-4-6-23(7-5-13)10-17-22-20-11-26-17/h2-3,8,11,13H,4-7,9-10H2,1H3. The molecule has 1 aliphatic heterocycles. The number of aryl methyl sites for hydroxylation is 1. The summed E-state index contributed by atoms with van der Waals surface area (Å²) in [6, 6.07) is 4.13. The van der Waals surface area contributed by atoms with Crippen LogP contribution in [-0.4, -0.2) is 37.7 Å². The maximum Gasteiger partial charge on any atom is 0.261 e. The molecule has 0 spiro atoms. The Morgan fingerprint density at radius 1 is 1.31 bits per heavy atom. The Kier molecular flexibility index (Phi) is 4.50. The summed E-state index contributed by atoms with van der Waals surface area (Å²) in [6.07, 6.45) is 3.32. The zero-order valence-electron chi connectivity index (χ0n) is 14.6. The van der Waals surface area contributed by atoms with E-state index in [0.29, 0.717) is 41.6 Å². The number of rotatable bonds is 4. The smallest absolute Gasteiger partial charge is 0.261 e. The van der Waals surface area contributed by atoms with Crippen molar-refractivity contribution in [3.8, 4) is 0 Å². The van der Waals surface area contributed by atoms with E-state index >= 15 is 0 Å². The van der Waals surface area contributed by atoms with E-state index in [1.54, 1.807) is 11.5 Å². The van der Waals surface area contributed by atoms with E-state index in [0.717, 1.165) is 25.9 Å². The molecule has 7 nitrogen and oxygen atoms in total. The van der Waals surface area contributed by atoms with Crippen LogP contribution in [0.4, 0.5) is 4.39 Å². The number of nitrogens with zero attached hydrogens (tertiary/aromatic N) is 5. The van der Waals surface area contributed by atoms with Crippen LogP contribution in [0, 0.1) is 18.7 Å². The number of piperidine rings is 1. The van der Waals surface area contributed by atoms with Gasteiger partial charge in [0.05, 0.1) is 17.4 Å². The van der Waals surface area contributed by atoms with Crippen molar-refractivity contribution in [1.82, 2.24) is 24.6 Å². The van der Waals surface area contributed by atoms with E-state index in [1.807, 2.05) is 0 Å². The summed E-state index contributed by atoms with van der Waals surface area (Å²) in [5.74, 6) is 1.28. The van der Waals surface area contributed by atoms with Gasteiger partial charge in [0.2, 0.25) is 12.3 Å². The molecule has 0 saturated carbocycles. The molecule has 0 N–H and O–H groups in total. The third-order valence-electron chi connectivity index (χ3n) is 5.02. The molecule has 4 rings (SSSR count). The fraction of sp³-hybridized carbons (Fsp3) is 0.444. The van der Waals surface area contributed by atoms with E-state index in [9.17, 15) is 9.18 Å². The normalized spacial score (nSPS) is 16.4. The quantitative estimate of drug-likeness (QED) is 0.712. The third-order valence-corrected chi connectivity index (χ3v) is 5.02. The van der Waals surface area contributed by atoms with Crippen LogP contribution in [0.2, 0.25) is 0 Å². The van der Waals surface area contributed by atoms with Gasteiger partial charge in [-0.25, -0.2) is 9.37 Å². The highest BCUT2D eigenvalue weighted by Gasteiger charge is 2.22. The second-order valence-electron chi connectivity index (χ2n) is 6.79. The van der Waals surface area contributed by atoms with Gasteiger partial charge in [-0.1, -0.05) is 0 Å². The van der Waals surface area contributed by atoms with Crippen molar-refractivity contribution in [2.24, 2.45) is 5.92 Å². The van der Waals surface area contributed by atoms with Gasteiger partial charge in [0, 0.05) is 12.6 Å². The lowest BCUT2D eigenvalue weighted by Crippen LogP contribution is -2.36. The third kappa shape index (κ3) is 3.37. The topological polar surface area (TPSA) is 77.1 Å². The van der Waals surface area contributed by atoms with Gasteiger partial charge in [-0.2, -0.15) is 0 Å². The van der Waals surface area contributed by atoms with Crippen molar-refractivity contribution in [2.45, 2.75) is 32.9 Å². The van der Waals surface area contributed by atoms with Crippen molar-refractivity contribution in [3.63, 3.8) is 0 Å². The Hall–Kier alpha value is -2.61. The highest BCUT2D eigenvalue weighted by atomic mass is 19.1. The van der Waals surface area contributed by atoms with Crippen LogP contribution < -0.4 is 5.56 Å². The van der Waals surface area contributed by atoms with Crippen LogP contribution in [0.25, 0.3) is 10.9 Å². The van der Waals surface area contributed by atoms with Crippen LogP contribution in [0.15, 0.2) is 33.8 Å². The molecule has 0 bridgehead atoms.